The van der Waals surface area contributed by atoms with Crippen molar-refractivity contribution < 1.29 is 4.21 Å². The van der Waals surface area contributed by atoms with E-state index in [1.54, 1.807) is 0 Å². The van der Waals surface area contributed by atoms with Gasteiger partial charge in [0.05, 0.1) is 0 Å². The van der Waals surface area contributed by atoms with Crippen LogP contribution < -0.4 is 0 Å². The molecule has 0 saturated carbocycles. The molecule has 1 nitrogen and oxygen atoms in total. The molecule has 1 saturated heterocycles. The molecule has 0 aromatic heterocycles. The van der Waals surface area contributed by atoms with Gasteiger partial charge in [0.25, 0.3) is 0 Å². The summed E-state index contributed by atoms with van der Waals surface area (Å²) in [7, 11) is -0.408. The Bertz CT molecular complexity index is 75.8. The first-order chi connectivity index (χ1) is 3.39. The van der Waals surface area contributed by atoms with Crippen molar-refractivity contribution in [2.75, 3.05) is 11.5 Å². The Kier molecular flexibility index (Phi) is 2.65. The fourth-order valence-corrected chi connectivity index (χ4v) is 7.10. The van der Waals surface area contributed by atoms with Crippen LogP contribution >= 0.6 is 0 Å². The van der Waals surface area contributed by atoms with Crippen LogP contribution in [0.25, 0.3) is 0 Å². The third-order valence-corrected chi connectivity index (χ3v) is 6.66. The molecule has 1 aliphatic rings. The molecule has 0 amide bonds. The molecule has 3 heteroatoms. The molecule has 0 unspecified atom stereocenters. The van der Waals surface area contributed by atoms with Crippen LogP contribution in [-0.2, 0) is 10.8 Å². The summed E-state index contributed by atoms with van der Waals surface area (Å²) in [4.78, 5) is 0. The van der Waals surface area contributed by atoms with Crippen molar-refractivity contribution >= 4 is 31.7 Å². The van der Waals surface area contributed by atoms with Crippen LogP contribution in [0.3, 0.4) is 0 Å². The van der Waals surface area contributed by atoms with Gasteiger partial charge in [0, 0.05) is 0 Å². The maximum atomic E-state index is 10.6. The fourth-order valence-electron chi connectivity index (χ4n) is 0.508. The van der Waals surface area contributed by atoms with E-state index in [-0.39, 0.29) is 0 Å². The van der Waals surface area contributed by atoms with E-state index < -0.39 is 10.8 Å². The first-order valence-corrected chi connectivity index (χ1v) is 7.11. The Morgan fingerprint density at radius 1 is 1.29 bits per heavy atom. The van der Waals surface area contributed by atoms with Gasteiger partial charge in [-0.05, 0) is 0 Å². The average molecular weight is 232 g/mol. The Hall–Kier alpha value is 0.940. The van der Waals surface area contributed by atoms with Crippen LogP contribution in [0.2, 0.25) is 8.94 Å². The van der Waals surface area contributed by atoms with Crippen LogP contribution in [0.5, 0.6) is 0 Å². The van der Waals surface area contributed by atoms with Crippen LogP contribution in [-0.4, -0.2) is 36.6 Å². The van der Waals surface area contributed by atoms with Gasteiger partial charge in [0.1, 0.15) is 0 Å². The van der Waals surface area contributed by atoms with Crippen LogP contribution in [0.1, 0.15) is 0 Å². The quantitative estimate of drug-likeness (QED) is 0.548. The molecular formula is C4H8OSTe. The van der Waals surface area contributed by atoms with Gasteiger partial charge in [0.15, 0.2) is 0 Å². The second-order valence-electron chi connectivity index (χ2n) is 1.46. The van der Waals surface area contributed by atoms with Gasteiger partial charge in [-0.2, -0.15) is 0 Å². The molecule has 0 atom stereocenters. The summed E-state index contributed by atoms with van der Waals surface area (Å²) >= 11 is 0.349. The molecule has 0 aromatic carbocycles. The van der Waals surface area contributed by atoms with Crippen molar-refractivity contribution in [3.05, 3.63) is 0 Å². The van der Waals surface area contributed by atoms with Crippen molar-refractivity contribution in [1.82, 2.24) is 0 Å². The average Bonchev–Trinajstić information content (AvgIpc) is 1.69. The minimum absolute atomic E-state index is 0.349. The Morgan fingerprint density at radius 3 is 2.14 bits per heavy atom. The van der Waals surface area contributed by atoms with E-state index in [1.807, 2.05) is 0 Å². The molecular weight excluding hydrogens is 224 g/mol. The molecule has 0 bridgehead atoms. The van der Waals surface area contributed by atoms with E-state index in [9.17, 15) is 4.21 Å². The molecule has 42 valence electrons. The van der Waals surface area contributed by atoms with Crippen molar-refractivity contribution in [3.8, 4) is 0 Å². The van der Waals surface area contributed by atoms with Crippen molar-refractivity contribution in [2.24, 2.45) is 0 Å². The summed E-state index contributed by atoms with van der Waals surface area (Å²) in [6.07, 6.45) is 0. The maximum absolute atomic E-state index is 10.6. The second-order valence-corrected chi connectivity index (χ2v) is 6.65. The van der Waals surface area contributed by atoms with Gasteiger partial charge < -0.3 is 0 Å². The van der Waals surface area contributed by atoms with Gasteiger partial charge >= 0.3 is 56.4 Å². The first kappa shape index (κ1) is 6.07. The number of hydrogen-bond acceptors (Lipinski definition) is 1. The van der Waals surface area contributed by atoms with E-state index >= 15 is 0 Å². The van der Waals surface area contributed by atoms with Crippen molar-refractivity contribution in [1.29, 1.82) is 0 Å². The van der Waals surface area contributed by atoms with E-state index in [0.717, 1.165) is 11.5 Å². The fraction of sp³-hybridized carbons (Fsp3) is 1.00. The number of rotatable bonds is 0. The normalized spacial score (nSPS) is 25.1. The van der Waals surface area contributed by atoms with Crippen LogP contribution in [0.15, 0.2) is 0 Å². The Morgan fingerprint density at radius 2 is 1.86 bits per heavy atom. The zero-order valence-electron chi connectivity index (χ0n) is 4.05. The summed E-state index contributed by atoms with van der Waals surface area (Å²) in [6.45, 7) is 0. The SMILES string of the molecule is O=S1CC[Te]CC1. The Balaban J connectivity index is 2.25. The molecule has 1 aliphatic heterocycles. The summed E-state index contributed by atoms with van der Waals surface area (Å²) in [5.41, 5.74) is 0. The third kappa shape index (κ3) is 2.12. The van der Waals surface area contributed by atoms with Gasteiger partial charge in [-0.25, -0.2) is 0 Å². The van der Waals surface area contributed by atoms with Crippen LogP contribution in [0.4, 0.5) is 0 Å². The zero-order valence-corrected chi connectivity index (χ0v) is 7.20. The molecule has 0 aliphatic carbocycles. The van der Waals surface area contributed by atoms with E-state index in [1.165, 1.54) is 8.94 Å². The van der Waals surface area contributed by atoms with Crippen molar-refractivity contribution in [2.45, 2.75) is 8.94 Å². The molecule has 1 rings (SSSR count). The summed E-state index contributed by atoms with van der Waals surface area (Å²) in [5.74, 6) is 2.03. The molecule has 0 N–H and O–H groups in total. The molecule has 1 fully saturated rings. The standard InChI is InChI=1S/C4H8OSTe/c5-6-1-3-7-4-2-6/h1-4H2. The van der Waals surface area contributed by atoms with E-state index in [2.05, 4.69) is 0 Å². The zero-order chi connectivity index (χ0) is 5.11. The molecule has 0 spiro atoms. The molecule has 7 heavy (non-hydrogen) atoms. The summed E-state index contributed by atoms with van der Waals surface area (Å²) in [6, 6.07) is 0. The predicted octanol–water partition coefficient (Wildman–Crippen LogP) is 0.289. The van der Waals surface area contributed by atoms with Crippen LogP contribution in [0, 0.1) is 0 Å². The monoisotopic (exact) mass is 234 g/mol. The molecule has 0 aromatic rings. The molecule has 1 heterocycles. The van der Waals surface area contributed by atoms with Gasteiger partial charge in [0.2, 0.25) is 0 Å². The summed E-state index contributed by atoms with van der Waals surface area (Å²) in [5, 5.41) is 0. The predicted molar refractivity (Wildman–Crippen MR) is 33.2 cm³/mol. The van der Waals surface area contributed by atoms with E-state index in [0.29, 0.717) is 20.9 Å². The van der Waals surface area contributed by atoms with E-state index in [4.69, 9.17) is 0 Å². The second kappa shape index (κ2) is 3.06. The third-order valence-electron chi connectivity index (χ3n) is 0.911. The first-order valence-electron chi connectivity index (χ1n) is 2.32. The minimum atomic E-state index is -0.408. The van der Waals surface area contributed by atoms with Gasteiger partial charge in [-0.1, -0.05) is 0 Å². The molecule has 0 radical (unpaired) electrons. The van der Waals surface area contributed by atoms with Crippen molar-refractivity contribution in [3.63, 3.8) is 0 Å². The topological polar surface area (TPSA) is 17.1 Å². The Labute approximate surface area is 56.4 Å². The summed E-state index contributed by atoms with van der Waals surface area (Å²) < 4.78 is 13.2. The van der Waals surface area contributed by atoms with Gasteiger partial charge in [-0.3, -0.25) is 0 Å². The van der Waals surface area contributed by atoms with Gasteiger partial charge in [-0.15, -0.1) is 0 Å². The number of hydrogen-bond donors (Lipinski definition) is 0.